The highest BCUT2D eigenvalue weighted by Gasteiger charge is 2.43. The maximum atomic E-state index is 11.5. The zero-order valence-corrected chi connectivity index (χ0v) is 8.68. The molecule has 0 aromatic rings. The van der Waals surface area contributed by atoms with Crippen LogP contribution in [0.15, 0.2) is 0 Å². The largest absolute Gasteiger partial charge is 0.394 e. The van der Waals surface area contributed by atoms with Gasteiger partial charge < -0.3 is 10.4 Å². The lowest BCUT2D eigenvalue weighted by Gasteiger charge is -2.20. The fraction of sp³-hybridized carbons (Fsp3) is 0.900. The summed E-state index contributed by atoms with van der Waals surface area (Å²) in [6, 6.07) is 0. The second kappa shape index (κ2) is 3.29. The van der Waals surface area contributed by atoms with Crippen LogP contribution in [0.3, 0.4) is 0 Å². The van der Waals surface area contributed by atoms with Crippen LogP contribution in [0, 0.1) is 5.41 Å². The first-order valence-electron chi connectivity index (χ1n) is 4.79. The molecule has 0 aliphatic heterocycles. The van der Waals surface area contributed by atoms with E-state index in [4.69, 9.17) is 5.11 Å². The highest BCUT2D eigenvalue weighted by Crippen LogP contribution is 2.35. The molecule has 1 rings (SSSR count). The molecule has 1 saturated carbocycles. The molecule has 0 radical (unpaired) electrons. The molecule has 0 spiro atoms. The van der Waals surface area contributed by atoms with Crippen LogP contribution in [0.1, 0.15) is 40.0 Å². The molecule has 0 bridgehead atoms. The number of nitrogens with one attached hydrogen (secondary N) is 1. The number of hydrogen-bond donors (Lipinski definition) is 2. The third-order valence-corrected chi connectivity index (χ3v) is 2.25. The van der Waals surface area contributed by atoms with E-state index in [1.165, 1.54) is 0 Å². The zero-order chi connectivity index (χ0) is 10.1. The lowest BCUT2D eigenvalue weighted by atomic mass is 9.92. The molecule has 0 aromatic heterocycles. The van der Waals surface area contributed by atoms with Gasteiger partial charge >= 0.3 is 0 Å². The minimum Gasteiger partial charge on any atom is -0.394 e. The van der Waals surface area contributed by atoms with Crippen LogP contribution >= 0.6 is 0 Å². The molecule has 1 aliphatic carbocycles. The molecule has 0 heterocycles. The van der Waals surface area contributed by atoms with Crippen molar-refractivity contribution in [3.8, 4) is 0 Å². The molecular weight excluding hydrogens is 166 g/mol. The van der Waals surface area contributed by atoms with E-state index >= 15 is 0 Å². The number of amides is 1. The molecule has 1 amide bonds. The smallest absolute Gasteiger partial charge is 0.221 e. The summed E-state index contributed by atoms with van der Waals surface area (Å²) in [5.74, 6) is 0.0547. The van der Waals surface area contributed by atoms with Crippen LogP contribution in [-0.4, -0.2) is 23.2 Å². The van der Waals surface area contributed by atoms with Gasteiger partial charge in [0, 0.05) is 6.42 Å². The Kier molecular flexibility index (Phi) is 2.66. The molecule has 1 fully saturated rings. The number of carbonyl (C=O) groups excluding carboxylic acids is 1. The van der Waals surface area contributed by atoms with Crippen molar-refractivity contribution in [2.24, 2.45) is 5.41 Å². The predicted molar refractivity (Wildman–Crippen MR) is 51.3 cm³/mol. The molecule has 2 N–H and O–H groups in total. The minimum absolute atomic E-state index is 0.0234. The highest BCUT2D eigenvalue weighted by atomic mass is 16.3. The first-order chi connectivity index (χ1) is 5.87. The Balaban J connectivity index is 2.34. The van der Waals surface area contributed by atoms with Gasteiger partial charge in [-0.15, -0.1) is 0 Å². The maximum Gasteiger partial charge on any atom is 0.221 e. The SMILES string of the molecule is CC(C)(C)CC(=O)NC1(CO)CC1. The minimum atomic E-state index is -0.262. The molecule has 3 nitrogen and oxygen atoms in total. The van der Waals surface area contributed by atoms with E-state index < -0.39 is 0 Å². The Morgan fingerprint density at radius 1 is 1.46 bits per heavy atom. The van der Waals surface area contributed by atoms with Gasteiger partial charge in [0.2, 0.25) is 5.91 Å². The van der Waals surface area contributed by atoms with Gasteiger partial charge in [-0.1, -0.05) is 20.8 Å². The van der Waals surface area contributed by atoms with Crippen LogP contribution in [0.5, 0.6) is 0 Å². The first-order valence-corrected chi connectivity index (χ1v) is 4.79. The molecule has 0 aromatic carbocycles. The Morgan fingerprint density at radius 3 is 2.31 bits per heavy atom. The van der Waals surface area contributed by atoms with Crippen molar-refractivity contribution in [1.82, 2.24) is 5.32 Å². The van der Waals surface area contributed by atoms with Crippen LogP contribution in [-0.2, 0) is 4.79 Å². The van der Waals surface area contributed by atoms with Crippen LogP contribution in [0.25, 0.3) is 0 Å². The number of hydrogen-bond acceptors (Lipinski definition) is 2. The summed E-state index contributed by atoms with van der Waals surface area (Å²) in [6.45, 7) is 6.17. The van der Waals surface area contributed by atoms with Crippen LogP contribution in [0.2, 0.25) is 0 Å². The Bertz CT molecular complexity index is 201. The standard InChI is InChI=1S/C10H19NO2/c1-9(2,3)6-8(13)11-10(7-12)4-5-10/h12H,4-7H2,1-3H3,(H,11,13). The topological polar surface area (TPSA) is 49.3 Å². The number of aliphatic hydroxyl groups is 1. The van der Waals surface area contributed by atoms with Crippen molar-refractivity contribution >= 4 is 5.91 Å². The fourth-order valence-corrected chi connectivity index (χ4v) is 1.30. The summed E-state index contributed by atoms with van der Waals surface area (Å²) < 4.78 is 0. The van der Waals surface area contributed by atoms with Crippen LogP contribution < -0.4 is 5.32 Å². The molecular formula is C10H19NO2. The first kappa shape index (κ1) is 10.5. The van der Waals surface area contributed by atoms with Gasteiger partial charge in [0.25, 0.3) is 0 Å². The van der Waals surface area contributed by atoms with E-state index in [1.807, 2.05) is 20.8 Å². The maximum absolute atomic E-state index is 11.5. The predicted octanol–water partition coefficient (Wildman–Crippen LogP) is 1.06. The van der Waals surface area contributed by atoms with Gasteiger partial charge in [-0.3, -0.25) is 4.79 Å². The molecule has 0 atom stereocenters. The lowest BCUT2D eigenvalue weighted by molar-refractivity contribution is -0.124. The summed E-state index contributed by atoms with van der Waals surface area (Å²) in [5.41, 5.74) is -0.238. The van der Waals surface area contributed by atoms with Crippen molar-refractivity contribution < 1.29 is 9.90 Å². The average molecular weight is 185 g/mol. The molecule has 1 aliphatic rings. The summed E-state index contributed by atoms with van der Waals surface area (Å²) in [5, 5.41) is 11.9. The lowest BCUT2D eigenvalue weighted by Crippen LogP contribution is -2.40. The monoisotopic (exact) mass is 185 g/mol. The summed E-state index contributed by atoms with van der Waals surface area (Å²) >= 11 is 0. The Hall–Kier alpha value is -0.570. The summed E-state index contributed by atoms with van der Waals surface area (Å²) in [4.78, 5) is 11.5. The third kappa shape index (κ3) is 3.35. The Labute approximate surface area is 79.5 Å². The van der Waals surface area contributed by atoms with Crippen molar-refractivity contribution in [2.45, 2.75) is 45.6 Å². The Morgan fingerprint density at radius 2 is 2.00 bits per heavy atom. The second-order valence-electron chi connectivity index (χ2n) is 5.22. The molecule has 76 valence electrons. The molecule has 13 heavy (non-hydrogen) atoms. The van der Waals surface area contributed by atoms with Gasteiger partial charge in [-0.05, 0) is 18.3 Å². The molecule has 3 heteroatoms. The molecule has 0 saturated heterocycles. The highest BCUT2D eigenvalue weighted by molar-refractivity contribution is 5.77. The third-order valence-electron chi connectivity index (χ3n) is 2.25. The zero-order valence-electron chi connectivity index (χ0n) is 8.68. The normalized spacial score (nSPS) is 19.7. The fourth-order valence-electron chi connectivity index (χ4n) is 1.30. The van der Waals surface area contributed by atoms with E-state index in [0.717, 1.165) is 12.8 Å². The van der Waals surface area contributed by atoms with Gasteiger partial charge in [0.05, 0.1) is 12.1 Å². The second-order valence-corrected chi connectivity index (χ2v) is 5.22. The van der Waals surface area contributed by atoms with Crippen molar-refractivity contribution in [3.05, 3.63) is 0 Å². The number of rotatable bonds is 3. The summed E-state index contributed by atoms with van der Waals surface area (Å²) in [7, 11) is 0. The van der Waals surface area contributed by atoms with E-state index in [2.05, 4.69) is 5.32 Å². The van der Waals surface area contributed by atoms with E-state index in [1.54, 1.807) is 0 Å². The number of aliphatic hydroxyl groups excluding tert-OH is 1. The van der Waals surface area contributed by atoms with Crippen molar-refractivity contribution in [3.63, 3.8) is 0 Å². The summed E-state index contributed by atoms with van der Waals surface area (Å²) in [6.07, 6.45) is 2.35. The van der Waals surface area contributed by atoms with Crippen molar-refractivity contribution in [1.29, 1.82) is 0 Å². The van der Waals surface area contributed by atoms with Crippen LogP contribution in [0.4, 0.5) is 0 Å². The molecule has 0 unspecified atom stereocenters. The van der Waals surface area contributed by atoms with E-state index in [9.17, 15) is 4.79 Å². The van der Waals surface area contributed by atoms with Gasteiger partial charge in [0.15, 0.2) is 0 Å². The van der Waals surface area contributed by atoms with Gasteiger partial charge in [-0.2, -0.15) is 0 Å². The van der Waals surface area contributed by atoms with Gasteiger partial charge in [-0.25, -0.2) is 0 Å². The van der Waals surface area contributed by atoms with E-state index in [-0.39, 0.29) is 23.5 Å². The quantitative estimate of drug-likeness (QED) is 0.691. The number of carbonyl (C=O) groups is 1. The van der Waals surface area contributed by atoms with E-state index in [0.29, 0.717) is 6.42 Å². The van der Waals surface area contributed by atoms with Crippen molar-refractivity contribution in [2.75, 3.05) is 6.61 Å². The van der Waals surface area contributed by atoms with Gasteiger partial charge in [0.1, 0.15) is 0 Å². The average Bonchev–Trinajstić information content (AvgIpc) is 2.65.